The zero-order chi connectivity index (χ0) is 14.1. The van der Waals surface area contributed by atoms with Crippen LogP contribution in [0.15, 0.2) is 48.8 Å². The molecule has 0 amide bonds. The number of benzene rings is 2. The first kappa shape index (κ1) is 12.8. The molecular weight excluding hydrogens is 244 g/mol. The molecule has 0 aliphatic rings. The van der Waals surface area contributed by atoms with Crippen LogP contribution in [0.2, 0.25) is 0 Å². The molecule has 0 saturated carbocycles. The van der Waals surface area contributed by atoms with Crippen molar-refractivity contribution in [1.29, 1.82) is 0 Å². The van der Waals surface area contributed by atoms with Crippen LogP contribution in [0.1, 0.15) is 31.0 Å². The normalized spacial score (nSPS) is 11.2. The van der Waals surface area contributed by atoms with Gasteiger partial charge in [-0.2, -0.15) is 0 Å². The summed E-state index contributed by atoms with van der Waals surface area (Å²) in [6, 6.07) is 14.9. The van der Waals surface area contributed by atoms with Crippen molar-refractivity contribution < 1.29 is 0 Å². The minimum Gasteiger partial charge on any atom is -0.240 e. The molecule has 3 rings (SSSR count). The van der Waals surface area contributed by atoms with Crippen LogP contribution in [0.25, 0.3) is 22.0 Å². The molecule has 0 spiro atoms. The third kappa shape index (κ3) is 2.18. The van der Waals surface area contributed by atoms with Gasteiger partial charge in [0.2, 0.25) is 0 Å². The molecule has 0 unspecified atom stereocenters. The molecule has 0 bridgehead atoms. The van der Waals surface area contributed by atoms with Crippen molar-refractivity contribution in [2.75, 3.05) is 0 Å². The Hall–Kier alpha value is -2.22. The highest BCUT2D eigenvalue weighted by Crippen LogP contribution is 2.30. The quantitative estimate of drug-likeness (QED) is 0.667. The van der Waals surface area contributed by atoms with Gasteiger partial charge in [-0.3, -0.25) is 0 Å². The Labute approximate surface area is 119 Å². The van der Waals surface area contributed by atoms with Gasteiger partial charge in [0.25, 0.3) is 0 Å². The lowest BCUT2D eigenvalue weighted by molar-refractivity contribution is 0.828. The Morgan fingerprint density at radius 1 is 0.950 bits per heavy atom. The third-order valence-electron chi connectivity index (χ3n) is 3.64. The Morgan fingerprint density at radius 2 is 1.70 bits per heavy atom. The molecule has 0 fully saturated rings. The maximum Gasteiger partial charge on any atom is 0.116 e. The van der Waals surface area contributed by atoms with Crippen molar-refractivity contribution in [2.45, 2.75) is 26.7 Å². The van der Waals surface area contributed by atoms with Gasteiger partial charge in [0.05, 0.1) is 11.2 Å². The molecule has 0 saturated heterocycles. The topological polar surface area (TPSA) is 25.8 Å². The SMILES string of the molecule is Cc1cc2ncnc(C(C)C)c2cc1-c1ccccc1. The first-order chi connectivity index (χ1) is 9.66. The molecular formula is C18H18N2. The van der Waals surface area contributed by atoms with Gasteiger partial charge in [0.15, 0.2) is 0 Å². The van der Waals surface area contributed by atoms with E-state index < -0.39 is 0 Å². The zero-order valence-corrected chi connectivity index (χ0v) is 12.1. The van der Waals surface area contributed by atoms with Gasteiger partial charge in [0.1, 0.15) is 6.33 Å². The standard InChI is InChI=1S/C18H18N2/c1-12(2)18-16-10-15(14-7-5-4-6-8-14)13(3)9-17(16)19-11-20-18/h4-12H,1-3H3. The molecule has 0 aliphatic heterocycles. The summed E-state index contributed by atoms with van der Waals surface area (Å²) in [4.78, 5) is 8.87. The van der Waals surface area contributed by atoms with E-state index in [1.807, 2.05) is 6.07 Å². The largest absolute Gasteiger partial charge is 0.240 e. The van der Waals surface area contributed by atoms with E-state index in [0.717, 1.165) is 16.6 Å². The summed E-state index contributed by atoms with van der Waals surface area (Å²) >= 11 is 0. The highest BCUT2D eigenvalue weighted by molar-refractivity contribution is 5.88. The third-order valence-corrected chi connectivity index (χ3v) is 3.64. The smallest absolute Gasteiger partial charge is 0.116 e. The predicted molar refractivity (Wildman–Crippen MR) is 83.8 cm³/mol. The maximum absolute atomic E-state index is 4.46. The number of rotatable bonds is 2. The Bertz CT molecular complexity index is 746. The van der Waals surface area contributed by atoms with Gasteiger partial charge in [-0.05, 0) is 41.7 Å². The average Bonchev–Trinajstić information content (AvgIpc) is 2.46. The van der Waals surface area contributed by atoms with E-state index in [1.165, 1.54) is 16.7 Å². The number of hydrogen-bond acceptors (Lipinski definition) is 2. The molecule has 0 aliphatic carbocycles. The van der Waals surface area contributed by atoms with E-state index in [1.54, 1.807) is 6.33 Å². The van der Waals surface area contributed by atoms with Crippen LogP contribution in [0.3, 0.4) is 0 Å². The van der Waals surface area contributed by atoms with Gasteiger partial charge in [-0.15, -0.1) is 0 Å². The zero-order valence-electron chi connectivity index (χ0n) is 12.1. The summed E-state index contributed by atoms with van der Waals surface area (Å²) in [6.07, 6.45) is 1.67. The van der Waals surface area contributed by atoms with Gasteiger partial charge >= 0.3 is 0 Å². The Kier molecular flexibility index (Phi) is 3.23. The van der Waals surface area contributed by atoms with Crippen LogP contribution < -0.4 is 0 Å². The van der Waals surface area contributed by atoms with Gasteiger partial charge in [-0.25, -0.2) is 9.97 Å². The van der Waals surface area contributed by atoms with E-state index in [2.05, 4.69) is 67.1 Å². The molecule has 0 N–H and O–H groups in total. The fourth-order valence-electron chi connectivity index (χ4n) is 2.62. The minimum atomic E-state index is 0.395. The molecule has 3 aromatic rings. The molecule has 2 aromatic carbocycles. The van der Waals surface area contributed by atoms with Crippen molar-refractivity contribution >= 4 is 10.9 Å². The predicted octanol–water partition coefficient (Wildman–Crippen LogP) is 4.73. The van der Waals surface area contributed by atoms with E-state index in [-0.39, 0.29) is 0 Å². The van der Waals surface area contributed by atoms with Crippen LogP contribution >= 0.6 is 0 Å². The van der Waals surface area contributed by atoms with E-state index in [4.69, 9.17) is 0 Å². The van der Waals surface area contributed by atoms with E-state index >= 15 is 0 Å². The van der Waals surface area contributed by atoms with Crippen LogP contribution in [0.5, 0.6) is 0 Å². The van der Waals surface area contributed by atoms with E-state index in [0.29, 0.717) is 5.92 Å². The highest BCUT2D eigenvalue weighted by Gasteiger charge is 2.11. The molecule has 2 heteroatoms. The monoisotopic (exact) mass is 262 g/mol. The van der Waals surface area contributed by atoms with Gasteiger partial charge in [-0.1, -0.05) is 44.2 Å². The van der Waals surface area contributed by atoms with E-state index in [9.17, 15) is 0 Å². The van der Waals surface area contributed by atoms with Crippen molar-refractivity contribution in [3.05, 3.63) is 60.0 Å². The molecule has 0 atom stereocenters. The first-order valence-corrected chi connectivity index (χ1v) is 6.97. The summed E-state index contributed by atoms with van der Waals surface area (Å²) in [5.74, 6) is 0.395. The van der Waals surface area contributed by atoms with Crippen LogP contribution in [-0.2, 0) is 0 Å². The van der Waals surface area contributed by atoms with Crippen LogP contribution in [-0.4, -0.2) is 9.97 Å². The molecule has 100 valence electrons. The fourth-order valence-corrected chi connectivity index (χ4v) is 2.62. The number of fused-ring (bicyclic) bond motifs is 1. The molecule has 0 radical (unpaired) electrons. The van der Waals surface area contributed by atoms with Crippen LogP contribution in [0.4, 0.5) is 0 Å². The van der Waals surface area contributed by atoms with Crippen molar-refractivity contribution in [1.82, 2.24) is 9.97 Å². The van der Waals surface area contributed by atoms with Crippen molar-refractivity contribution in [2.24, 2.45) is 0 Å². The van der Waals surface area contributed by atoms with Crippen LogP contribution in [0, 0.1) is 6.92 Å². The number of hydrogen-bond donors (Lipinski definition) is 0. The lowest BCUT2D eigenvalue weighted by Crippen LogP contribution is -1.97. The summed E-state index contributed by atoms with van der Waals surface area (Å²) in [6.45, 7) is 6.48. The number of nitrogens with zero attached hydrogens (tertiary/aromatic N) is 2. The van der Waals surface area contributed by atoms with Crippen molar-refractivity contribution in [3.63, 3.8) is 0 Å². The average molecular weight is 262 g/mol. The maximum atomic E-state index is 4.46. The molecule has 1 aromatic heterocycles. The lowest BCUT2D eigenvalue weighted by Gasteiger charge is -2.12. The lowest BCUT2D eigenvalue weighted by atomic mass is 9.95. The molecule has 2 nitrogen and oxygen atoms in total. The second-order valence-corrected chi connectivity index (χ2v) is 5.46. The molecule has 20 heavy (non-hydrogen) atoms. The summed E-state index contributed by atoms with van der Waals surface area (Å²) in [7, 11) is 0. The Balaban J connectivity index is 2.30. The summed E-state index contributed by atoms with van der Waals surface area (Å²) in [5.41, 5.74) is 5.89. The van der Waals surface area contributed by atoms with Crippen molar-refractivity contribution in [3.8, 4) is 11.1 Å². The Morgan fingerprint density at radius 3 is 2.40 bits per heavy atom. The minimum absolute atomic E-state index is 0.395. The summed E-state index contributed by atoms with van der Waals surface area (Å²) in [5, 5.41) is 1.16. The fraction of sp³-hybridized carbons (Fsp3) is 0.222. The first-order valence-electron chi connectivity index (χ1n) is 6.97. The molecule has 1 heterocycles. The van der Waals surface area contributed by atoms with Gasteiger partial charge in [0, 0.05) is 5.39 Å². The number of aromatic nitrogens is 2. The second-order valence-electron chi connectivity index (χ2n) is 5.46. The highest BCUT2D eigenvalue weighted by atomic mass is 14.8. The van der Waals surface area contributed by atoms with Gasteiger partial charge < -0.3 is 0 Å². The summed E-state index contributed by atoms with van der Waals surface area (Å²) < 4.78 is 0. The second kappa shape index (κ2) is 5.04. The number of aryl methyl sites for hydroxylation is 1.